The summed E-state index contributed by atoms with van der Waals surface area (Å²) in [7, 11) is -3.78. The lowest BCUT2D eigenvalue weighted by Gasteiger charge is -2.41. The third-order valence-corrected chi connectivity index (χ3v) is 9.95. The molecule has 4 rings (SSSR count). The van der Waals surface area contributed by atoms with Crippen LogP contribution >= 0.6 is 0 Å². The van der Waals surface area contributed by atoms with E-state index in [1.165, 1.54) is 16.1 Å². The molecule has 0 saturated carbocycles. The molecule has 0 bridgehead atoms. The molecule has 0 spiro atoms. The Morgan fingerprint density at radius 2 is 1.38 bits per heavy atom. The maximum absolute atomic E-state index is 13.8. The smallest absolute Gasteiger partial charge is 0.254 e. The molecule has 244 valence electrons. The molecule has 3 aromatic rings. The number of sulfonamides is 1. The predicted molar refractivity (Wildman–Crippen MR) is 166 cm³/mol. The van der Waals surface area contributed by atoms with E-state index >= 15 is 0 Å². The summed E-state index contributed by atoms with van der Waals surface area (Å²) in [6, 6.07) is 24.5. The summed E-state index contributed by atoms with van der Waals surface area (Å²) >= 11 is 0. The van der Waals surface area contributed by atoms with Gasteiger partial charge in [0.15, 0.2) is 6.10 Å². The molecule has 11 nitrogen and oxygen atoms in total. The Labute approximate surface area is 264 Å². The molecule has 0 unspecified atom stereocenters. The number of carbonyl (C=O) groups is 1. The monoisotopic (exact) mass is 642 g/mol. The number of carbonyl (C=O) groups excluding carboxylic acids is 1. The molecule has 3 aromatic carbocycles. The van der Waals surface area contributed by atoms with Crippen molar-refractivity contribution in [2.24, 2.45) is 0 Å². The van der Waals surface area contributed by atoms with Gasteiger partial charge >= 0.3 is 0 Å². The van der Waals surface area contributed by atoms with Crippen LogP contribution in [-0.2, 0) is 37.5 Å². The van der Waals surface area contributed by atoms with Gasteiger partial charge in [0.1, 0.15) is 17.8 Å². The van der Waals surface area contributed by atoms with Gasteiger partial charge in [-0.25, -0.2) is 8.42 Å². The Balaban J connectivity index is 1.49. The van der Waals surface area contributed by atoms with Crippen LogP contribution in [0.3, 0.4) is 0 Å². The van der Waals surface area contributed by atoms with Gasteiger partial charge in [0.05, 0.1) is 30.8 Å². The van der Waals surface area contributed by atoms with Crippen LogP contribution in [0.4, 0.5) is 0 Å². The first-order chi connectivity index (χ1) is 21.4. The molecule has 12 heteroatoms. The number of aryl methyl sites for hydroxylation is 1. The van der Waals surface area contributed by atoms with Crippen molar-refractivity contribution < 1.29 is 43.1 Å². The number of rotatable bonds is 14. The van der Waals surface area contributed by atoms with Crippen LogP contribution in [0.15, 0.2) is 89.8 Å². The fourth-order valence-corrected chi connectivity index (χ4v) is 6.51. The maximum atomic E-state index is 13.8. The molecule has 4 N–H and O–H groups in total. The van der Waals surface area contributed by atoms with Gasteiger partial charge in [0, 0.05) is 26.2 Å². The van der Waals surface area contributed by atoms with Crippen molar-refractivity contribution in [3.8, 4) is 0 Å². The number of amides is 1. The topological polar surface area (TPSA) is 157 Å². The van der Waals surface area contributed by atoms with Gasteiger partial charge < -0.3 is 34.8 Å². The van der Waals surface area contributed by atoms with E-state index in [2.05, 4.69) is 0 Å². The number of nitrogens with zero attached hydrogens (tertiary/aromatic N) is 2. The zero-order chi connectivity index (χ0) is 32.6. The summed E-state index contributed by atoms with van der Waals surface area (Å²) in [4.78, 5) is 15.3. The third-order valence-electron chi connectivity index (χ3n) is 8.04. The second-order valence-electron chi connectivity index (χ2n) is 11.3. The van der Waals surface area contributed by atoms with E-state index < -0.39 is 52.6 Å². The van der Waals surface area contributed by atoms with Crippen molar-refractivity contribution in [1.82, 2.24) is 9.21 Å². The maximum Gasteiger partial charge on any atom is 0.254 e. The van der Waals surface area contributed by atoms with Gasteiger partial charge in [0.25, 0.3) is 5.91 Å². The highest BCUT2D eigenvalue weighted by molar-refractivity contribution is 7.89. The van der Waals surface area contributed by atoms with E-state index in [0.29, 0.717) is 5.56 Å². The average Bonchev–Trinajstić information content (AvgIpc) is 3.05. The number of piperazine rings is 1. The minimum atomic E-state index is -3.78. The molecule has 1 aliphatic rings. The van der Waals surface area contributed by atoms with E-state index in [9.17, 15) is 33.6 Å². The van der Waals surface area contributed by atoms with Crippen molar-refractivity contribution in [3.63, 3.8) is 0 Å². The van der Waals surface area contributed by atoms with Crippen LogP contribution in [0.1, 0.15) is 23.6 Å². The van der Waals surface area contributed by atoms with E-state index in [-0.39, 0.29) is 44.3 Å². The van der Waals surface area contributed by atoms with Gasteiger partial charge in [-0.3, -0.25) is 4.79 Å². The van der Waals surface area contributed by atoms with Gasteiger partial charge in [-0.1, -0.05) is 78.4 Å². The second-order valence-corrected chi connectivity index (χ2v) is 13.3. The molecule has 1 saturated heterocycles. The van der Waals surface area contributed by atoms with Crippen LogP contribution in [0, 0.1) is 6.92 Å². The lowest BCUT2D eigenvalue weighted by Crippen LogP contribution is -2.63. The van der Waals surface area contributed by atoms with Crippen molar-refractivity contribution >= 4 is 15.9 Å². The zero-order valence-electron chi connectivity index (χ0n) is 25.5. The second kappa shape index (κ2) is 15.4. The van der Waals surface area contributed by atoms with Gasteiger partial charge in [-0.15, -0.1) is 0 Å². The Bertz CT molecular complexity index is 1470. The number of aliphatic hydroxyl groups is 4. The fourth-order valence-electron chi connectivity index (χ4n) is 5.09. The van der Waals surface area contributed by atoms with Gasteiger partial charge in [-0.05, 0) is 37.1 Å². The number of benzene rings is 3. The first-order valence-corrected chi connectivity index (χ1v) is 16.3. The summed E-state index contributed by atoms with van der Waals surface area (Å²) in [6.07, 6.45) is -7.24. The molecule has 1 heterocycles. The van der Waals surface area contributed by atoms with Crippen LogP contribution < -0.4 is 0 Å². The Morgan fingerprint density at radius 3 is 1.91 bits per heavy atom. The van der Waals surface area contributed by atoms with Gasteiger partial charge in [-0.2, -0.15) is 4.31 Å². The first-order valence-electron chi connectivity index (χ1n) is 14.8. The standard InChI is InChI=1S/C33H42N2O9S/c1-24-13-15-28(16-14-24)45(41,42)35-19-17-34(18-20-35)32(39)30(44-22-27-11-7-4-8-12-27)29(37)31(38)33(40,25(2)36)23-43-21-26-9-5-3-6-10-26/h3-16,25,29-31,36-38,40H,17-23H2,1-2H3/t25-,29-,30-,31+,33-/m1/s1. The summed E-state index contributed by atoms with van der Waals surface area (Å²) in [5, 5.41) is 44.4. The lowest BCUT2D eigenvalue weighted by molar-refractivity contribution is -0.219. The highest BCUT2D eigenvalue weighted by Crippen LogP contribution is 2.25. The molecule has 0 aromatic heterocycles. The van der Waals surface area contributed by atoms with E-state index in [1.54, 1.807) is 48.5 Å². The number of ether oxygens (including phenoxy) is 2. The molecular weight excluding hydrogens is 600 g/mol. The first kappa shape index (κ1) is 34.7. The van der Waals surface area contributed by atoms with E-state index in [1.807, 2.05) is 43.3 Å². The molecule has 0 radical (unpaired) electrons. The normalized spacial score (nSPS) is 18.5. The third kappa shape index (κ3) is 8.54. The fraction of sp³-hybridized carbons (Fsp3) is 0.424. The van der Waals surface area contributed by atoms with Crippen molar-refractivity contribution in [3.05, 3.63) is 102 Å². The molecular formula is C33H42N2O9S. The van der Waals surface area contributed by atoms with E-state index in [0.717, 1.165) is 11.1 Å². The van der Waals surface area contributed by atoms with Crippen molar-refractivity contribution in [2.45, 2.75) is 62.0 Å². The molecule has 5 atom stereocenters. The Kier molecular flexibility index (Phi) is 11.9. The number of hydrogen-bond acceptors (Lipinski definition) is 9. The van der Waals surface area contributed by atoms with Crippen LogP contribution in [-0.4, -0.2) is 107 Å². The molecule has 1 amide bonds. The summed E-state index contributed by atoms with van der Waals surface area (Å²) in [5.74, 6) is -0.692. The largest absolute Gasteiger partial charge is 0.390 e. The van der Waals surface area contributed by atoms with Crippen LogP contribution in [0.2, 0.25) is 0 Å². The number of aliphatic hydroxyl groups excluding tert-OH is 3. The zero-order valence-corrected chi connectivity index (χ0v) is 26.3. The minimum absolute atomic E-state index is 0.0109. The molecule has 1 aliphatic heterocycles. The van der Waals surface area contributed by atoms with E-state index in [4.69, 9.17) is 9.47 Å². The summed E-state index contributed by atoms with van der Waals surface area (Å²) < 4.78 is 39.1. The van der Waals surface area contributed by atoms with Gasteiger partial charge in [0.2, 0.25) is 10.0 Å². The summed E-state index contributed by atoms with van der Waals surface area (Å²) in [5.41, 5.74) is 0.0621. The Morgan fingerprint density at radius 1 is 0.844 bits per heavy atom. The minimum Gasteiger partial charge on any atom is -0.390 e. The van der Waals surface area contributed by atoms with Crippen molar-refractivity contribution in [2.75, 3.05) is 32.8 Å². The Hall–Kier alpha value is -3.20. The van der Waals surface area contributed by atoms with Crippen LogP contribution in [0.5, 0.6) is 0 Å². The molecule has 1 fully saturated rings. The molecule has 45 heavy (non-hydrogen) atoms. The van der Waals surface area contributed by atoms with Crippen molar-refractivity contribution in [1.29, 1.82) is 0 Å². The van der Waals surface area contributed by atoms with Crippen LogP contribution in [0.25, 0.3) is 0 Å². The molecule has 0 aliphatic carbocycles. The summed E-state index contributed by atoms with van der Waals surface area (Å²) in [6.45, 7) is 2.58. The predicted octanol–water partition coefficient (Wildman–Crippen LogP) is 1.46. The highest BCUT2D eigenvalue weighted by Gasteiger charge is 2.49. The average molecular weight is 643 g/mol. The highest BCUT2D eigenvalue weighted by atomic mass is 32.2. The SMILES string of the molecule is Cc1ccc(S(=O)(=O)N2CCN(C(=O)[C@H](OCc3ccccc3)[C@@H](O)[C@H](O)[C@@](O)(COCc3ccccc3)[C@@H](C)O)CC2)cc1. The lowest BCUT2D eigenvalue weighted by atomic mass is 9.86. The quantitative estimate of drug-likeness (QED) is 0.204. The number of hydrogen-bond donors (Lipinski definition) is 4.